The van der Waals surface area contributed by atoms with E-state index in [0.717, 1.165) is 12.2 Å². The van der Waals surface area contributed by atoms with E-state index >= 15 is 0 Å². The van der Waals surface area contributed by atoms with E-state index in [1.165, 1.54) is 13.0 Å². The fraction of sp³-hybridized carbons (Fsp3) is 0.583. The van der Waals surface area contributed by atoms with Crippen LogP contribution in [0.15, 0.2) is 24.4 Å². The highest BCUT2D eigenvalue weighted by Gasteiger charge is 2.21. The van der Waals surface area contributed by atoms with E-state index in [0.29, 0.717) is 12.1 Å². The minimum Gasteiger partial charge on any atom is -0.305 e. The molecule has 0 aliphatic carbocycles. The summed E-state index contributed by atoms with van der Waals surface area (Å²) in [5.41, 5.74) is 1.13. The van der Waals surface area contributed by atoms with E-state index in [-0.39, 0.29) is 0 Å². The zero-order valence-electron chi connectivity index (χ0n) is 9.48. The Morgan fingerprint density at radius 3 is 3.00 bits per heavy atom. The van der Waals surface area contributed by atoms with Crippen LogP contribution in [0.2, 0.25) is 0 Å². The average molecular weight is 205 g/mol. The Hall–Kier alpha value is -0.930. The summed E-state index contributed by atoms with van der Waals surface area (Å²) in [6, 6.07) is 7.05. The van der Waals surface area contributed by atoms with Crippen LogP contribution in [0, 0.1) is 0 Å². The maximum absolute atomic E-state index is 4.36. The van der Waals surface area contributed by atoms with E-state index in [2.05, 4.69) is 35.2 Å². The summed E-state index contributed by atoms with van der Waals surface area (Å²) in [6.45, 7) is 4.53. The molecule has 2 atom stereocenters. The number of likely N-dealkylation sites (N-methyl/N-ethyl adjacent to an activating group) is 1. The van der Waals surface area contributed by atoms with Gasteiger partial charge in [0.1, 0.15) is 0 Å². The van der Waals surface area contributed by atoms with Crippen LogP contribution in [0.25, 0.3) is 0 Å². The molecule has 0 spiro atoms. The molecule has 0 saturated carbocycles. The summed E-state index contributed by atoms with van der Waals surface area (Å²) >= 11 is 0. The van der Waals surface area contributed by atoms with E-state index in [9.17, 15) is 0 Å². The van der Waals surface area contributed by atoms with Crippen molar-refractivity contribution in [2.75, 3.05) is 20.1 Å². The standard InChI is InChI=1S/C12H19N3/c1-10(12-5-3-4-7-13-12)14-11-6-8-15(2)9-11/h3-5,7,10-11,14H,6,8-9H2,1-2H3/t10-,11?/m1/s1. The lowest BCUT2D eigenvalue weighted by Gasteiger charge is -2.18. The maximum Gasteiger partial charge on any atom is 0.0570 e. The smallest absolute Gasteiger partial charge is 0.0570 e. The third-order valence-electron chi connectivity index (χ3n) is 3.01. The predicted molar refractivity (Wildman–Crippen MR) is 61.7 cm³/mol. The molecule has 0 bridgehead atoms. The zero-order valence-corrected chi connectivity index (χ0v) is 9.48. The van der Waals surface area contributed by atoms with Gasteiger partial charge in [-0.25, -0.2) is 0 Å². The Morgan fingerprint density at radius 2 is 2.40 bits per heavy atom. The quantitative estimate of drug-likeness (QED) is 0.809. The maximum atomic E-state index is 4.36. The van der Waals surface area contributed by atoms with Crippen molar-refractivity contribution in [2.45, 2.75) is 25.4 Å². The number of hydrogen-bond donors (Lipinski definition) is 1. The molecule has 0 radical (unpaired) electrons. The van der Waals surface area contributed by atoms with E-state index in [4.69, 9.17) is 0 Å². The molecule has 1 unspecified atom stereocenters. The second-order valence-corrected chi connectivity index (χ2v) is 4.39. The van der Waals surface area contributed by atoms with Gasteiger partial charge >= 0.3 is 0 Å². The summed E-state index contributed by atoms with van der Waals surface area (Å²) < 4.78 is 0. The number of likely N-dealkylation sites (tertiary alicyclic amines) is 1. The SMILES string of the molecule is C[C@@H](NC1CCN(C)C1)c1ccccn1. The number of nitrogens with one attached hydrogen (secondary N) is 1. The molecule has 1 aliphatic heterocycles. The van der Waals surface area contributed by atoms with Crippen LogP contribution in [0.4, 0.5) is 0 Å². The number of nitrogens with zero attached hydrogens (tertiary/aromatic N) is 2. The molecular formula is C12H19N3. The first-order valence-electron chi connectivity index (χ1n) is 5.61. The molecule has 2 heterocycles. The minimum absolute atomic E-state index is 0.350. The first-order valence-corrected chi connectivity index (χ1v) is 5.61. The molecule has 82 valence electrons. The fourth-order valence-electron chi connectivity index (χ4n) is 2.14. The van der Waals surface area contributed by atoms with Crippen LogP contribution < -0.4 is 5.32 Å². The van der Waals surface area contributed by atoms with Crippen LogP contribution in [-0.2, 0) is 0 Å². The molecule has 3 heteroatoms. The molecule has 1 aliphatic rings. The second-order valence-electron chi connectivity index (χ2n) is 4.39. The normalized spacial score (nSPS) is 24.3. The molecule has 2 rings (SSSR count). The molecule has 3 nitrogen and oxygen atoms in total. The van der Waals surface area contributed by atoms with Gasteiger partial charge in [-0.3, -0.25) is 4.98 Å². The summed E-state index contributed by atoms with van der Waals surface area (Å²) in [5.74, 6) is 0. The molecule has 15 heavy (non-hydrogen) atoms. The van der Waals surface area contributed by atoms with Crippen molar-refractivity contribution in [3.63, 3.8) is 0 Å². The van der Waals surface area contributed by atoms with E-state index in [1.807, 2.05) is 18.3 Å². The zero-order chi connectivity index (χ0) is 10.7. The highest BCUT2D eigenvalue weighted by atomic mass is 15.2. The lowest BCUT2D eigenvalue weighted by molar-refractivity contribution is 0.386. The predicted octanol–water partition coefficient (Wildman–Crippen LogP) is 1.44. The highest BCUT2D eigenvalue weighted by Crippen LogP contribution is 2.13. The molecule has 1 aromatic rings. The Morgan fingerprint density at radius 1 is 1.53 bits per heavy atom. The van der Waals surface area contributed by atoms with Gasteiger partial charge in [0, 0.05) is 24.8 Å². The summed E-state index contributed by atoms with van der Waals surface area (Å²) in [6.07, 6.45) is 3.10. The van der Waals surface area contributed by atoms with Crippen molar-refractivity contribution in [3.05, 3.63) is 30.1 Å². The Labute approximate surface area is 91.5 Å². The lowest BCUT2D eigenvalue weighted by atomic mass is 10.1. The number of hydrogen-bond acceptors (Lipinski definition) is 3. The minimum atomic E-state index is 0.350. The molecular weight excluding hydrogens is 186 g/mol. The highest BCUT2D eigenvalue weighted by molar-refractivity contribution is 5.08. The van der Waals surface area contributed by atoms with Crippen molar-refractivity contribution in [2.24, 2.45) is 0 Å². The number of rotatable bonds is 3. The molecule has 0 aromatic carbocycles. The Kier molecular flexibility index (Phi) is 3.34. The van der Waals surface area contributed by atoms with Gasteiger partial charge in [0.25, 0.3) is 0 Å². The van der Waals surface area contributed by atoms with E-state index < -0.39 is 0 Å². The first-order chi connectivity index (χ1) is 7.25. The van der Waals surface area contributed by atoms with Crippen molar-refractivity contribution in [1.82, 2.24) is 15.2 Å². The second kappa shape index (κ2) is 4.73. The molecule has 1 aromatic heterocycles. The summed E-state index contributed by atoms with van der Waals surface area (Å²) in [4.78, 5) is 6.73. The van der Waals surface area contributed by atoms with Crippen molar-refractivity contribution in [1.29, 1.82) is 0 Å². The lowest BCUT2D eigenvalue weighted by Crippen LogP contribution is -2.33. The van der Waals surface area contributed by atoms with Gasteiger partial charge in [-0.2, -0.15) is 0 Å². The van der Waals surface area contributed by atoms with Gasteiger partial charge in [0.2, 0.25) is 0 Å². The monoisotopic (exact) mass is 205 g/mol. The van der Waals surface area contributed by atoms with Crippen molar-refractivity contribution in [3.8, 4) is 0 Å². The van der Waals surface area contributed by atoms with Gasteiger partial charge in [-0.1, -0.05) is 6.07 Å². The number of aromatic nitrogens is 1. The fourth-order valence-corrected chi connectivity index (χ4v) is 2.14. The van der Waals surface area contributed by atoms with Gasteiger partial charge in [0.05, 0.1) is 5.69 Å². The number of pyridine rings is 1. The van der Waals surface area contributed by atoms with E-state index in [1.54, 1.807) is 0 Å². The van der Waals surface area contributed by atoms with Gasteiger partial charge in [0.15, 0.2) is 0 Å². The third-order valence-corrected chi connectivity index (χ3v) is 3.01. The van der Waals surface area contributed by atoms with Crippen LogP contribution in [0.3, 0.4) is 0 Å². The van der Waals surface area contributed by atoms with Crippen LogP contribution in [-0.4, -0.2) is 36.1 Å². The summed E-state index contributed by atoms with van der Waals surface area (Å²) in [5, 5.41) is 3.62. The summed E-state index contributed by atoms with van der Waals surface area (Å²) in [7, 11) is 2.17. The van der Waals surface area contributed by atoms with Gasteiger partial charge in [-0.15, -0.1) is 0 Å². The van der Waals surface area contributed by atoms with Gasteiger partial charge in [-0.05, 0) is 39.1 Å². The topological polar surface area (TPSA) is 28.2 Å². The Balaban J connectivity index is 1.90. The first kappa shape index (κ1) is 10.6. The third kappa shape index (κ3) is 2.76. The van der Waals surface area contributed by atoms with Crippen molar-refractivity contribution < 1.29 is 0 Å². The largest absolute Gasteiger partial charge is 0.305 e. The Bertz CT molecular complexity index is 299. The van der Waals surface area contributed by atoms with Crippen LogP contribution in [0.1, 0.15) is 25.1 Å². The van der Waals surface area contributed by atoms with Crippen molar-refractivity contribution >= 4 is 0 Å². The molecule has 1 N–H and O–H groups in total. The van der Waals surface area contributed by atoms with Crippen LogP contribution in [0.5, 0.6) is 0 Å². The molecule has 1 fully saturated rings. The average Bonchev–Trinajstić information content (AvgIpc) is 2.65. The molecule has 1 saturated heterocycles. The van der Waals surface area contributed by atoms with Crippen LogP contribution >= 0.6 is 0 Å². The molecule has 0 amide bonds. The van der Waals surface area contributed by atoms with Gasteiger partial charge < -0.3 is 10.2 Å².